The molecule has 9 nitrogen and oxygen atoms in total. The lowest BCUT2D eigenvalue weighted by molar-refractivity contribution is 0.000229. The summed E-state index contributed by atoms with van der Waals surface area (Å²) in [5.74, 6) is -2.67. The molecule has 2 aromatic heterocycles. The molecule has 0 amide bonds. The Labute approximate surface area is 224 Å². The number of hydrogen-bond acceptors (Lipinski definition) is 6. The Balaban J connectivity index is 1.48. The van der Waals surface area contributed by atoms with Crippen LogP contribution in [0.5, 0.6) is 5.75 Å². The Bertz CT molecular complexity index is 1520. The van der Waals surface area contributed by atoms with Gasteiger partial charge in [0.25, 0.3) is 11.5 Å². The van der Waals surface area contributed by atoms with Gasteiger partial charge in [-0.05, 0) is 80.8 Å². The number of nitrogens with one attached hydrogen (secondary N) is 3. The van der Waals surface area contributed by atoms with Gasteiger partial charge in [-0.15, -0.1) is 10.2 Å². The number of H-pyrrole nitrogens is 2. The first-order valence-corrected chi connectivity index (χ1v) is 13.1. The van der Waals surface area contributed by atoms with Gasteiger partial charge in [0.15, 0.2) is 5.82 Å². The smallest absolute Gasteiger partial charge is 0.276 e. The number of nitrogens with zero attached hydrogens (tertiary/aromatic N) is 4. The number of aromatic amines is 2. The molecule has 0 spiro atoms. The second-order valence-electron chi connectivity index (χ2n) is 10.7. The van der Waals surface area contributed by atoms with Gasteiger partial charge in [-0.1, -0.05) is 29.8 Å². The number of phenolic OH excluding ortho intramolecular Hbond substituents is 1. The molecular formula is C28H33F2N7O2. The van der Waals surface area contributed by atoms with Crippen LogP contribution in [-0.4, -0.2) is 41.4 Å². The van der Waals surface area contributed by atoms with E-state index >= 15 is 8.78 Å². The third-order valence-corrected chi connectivity index (χ3v) is 7.87. The summed E-state index contributed by atoms with van der Waals surface area (Å²) in [4.78, 5) is 13.5. The van der Waals surface area contributed by atoms with E-state index in [1.807, 2.05) is 32.0 Å². The van der Waals surface area contributed by atoms with Gasteiger partial charge < -0.3 is 10.4 Å². The Morgan fingerprint density at radius 2 is 1.90 bits per heavy atom. The van der Waals surface area contributed by atoms with Crippen molar-refractivity contribution in [2.45, 2.75) is 77.2 Å². The summed E-state index contributed by atoms with van der Waals surface area (Å²) in [6, 6.07) is 8.93. The number of aryl methyl sites for hydroxylation is 3. The number of anilines is 1. The zero-order valence-corrected chi connectivity index (χ0v) is 22.4. The largest absolute Gasteiger partial charge is 0.505 e. The summed E-state index contributed by atoms with van der Waals surface area (Å²) < 4.78 is 31.5. The van der Waals surface area contributed by atoms with Crippen LogP contribution in [-0.2, 0) is 0 Å². The number of para-hydroxylation sites is 1. The Kier molecular flexibility index (Phi) is 7.00. The predicted molar refractivity (Wildman–Crippen MR) is 144 cm³/mol. The summed E-state index contributed by atoms with van der Waals surface area (Å²) in [6.07, 6.45) is 3.38. The van der Waals surface area contributed by atoms with Gasteiger partial charge in [-0.2, -0.15) is 5.21 Å². The SMILES string of the molecule is Cc1ccc(-n2[nH]c(C)c(C(Nc3cccc(C4CCCC(c5nn[nH]n5)C4)c3O)C(C)(F)F)c2=O)cc1C. The fraction of sp³-hybridized carbons (Fsp3) is 0.429. The number of rotatable bonds is 7. The fourth-order valence-electron chi connectivity index (χ4n) is 5.61. The van der Waals surface area contributed by atoms with Crippen molar-refractivity contribution < 1.29 is 13.9 Å². The summed E-state index contributed by atoms with van der Waals surface area (Å²) in [5.41, 5.74) is 3.10. The molecule has 0 bridgehead atoms. The van der Waals surface area contributed by atoms with E-state index in [0.29, 0.717) is 29.2 Å². The van der Waals surface area contributed by atoms with Crippen molar-refractivity contribution in [1.82, 2.24) is 30.4 Å². The van der Waals surface area contributed by atoms with Crippen LogP contribution in [0.4, 0.5) is 14.5 Å². The van der Waals surface area contributed by atoms with Crippen molar-refractivity contribution in [2.75, 3.05) is 5.32 Å². The third-order valence-electron chi connectivity index (χ3n) is 7.87. The molecule has 0 radical (unpaired) electrons. The molecule has 11 heteroatoms. The van der Waals surface area contributed by atoms with Crippen molar-refractivity contribution in [3.63, 3.8) is 0 Å². The molecule has 0 saturated heterocycles. The lowest BCUT2D eigenvalue weighted by Crippen LogP contribution is -2.34. The number of tetrazole rings is 1. The zero-order valence-electron chi connectivity index (χ0n) is 22.4. The van der Waals surface area contributed by atoms with Crippen LogP contribution in [0.1, 0.15) is 84.3 Å². The van der Waals surface area contributed by atoms with Crippen LogP contribution in [0.2, 0.25) is 0 Å². The molecule has 1 aliphatic rings. The maximum absolute atomic E-state index is 15.1. The van der Waals surface area contributed by atoms with Crippen molar-refractivity contribution in [3.05, 3.63) is 80.5 Å². The average Bonchev–Trinajstić information content (AvgIpc) is 3.53. The quantitative estimate of drug-likeness (QED) is 0.229. The fourth-order valence-corrected chi connectivity index (χ4v) is 5.61. The van der Waals surface area contributed by atoms with Gasteiger partial charge >= 0.3 is 0 Å². The molecule has 2 aromatic carbocycles. The minimum Gasteiger partial charge on any atom is -0.505 e. The molecule has 206 valence electrons. The van der Waals surface area contributed by atoms with E-state index in [1.54, 1.807) is 25.1 Å². The van der Waals surface area contributed by atoms with Crippen LogP contribution >= 0.6 is 0 Å². The Morgan fingerprint density at radius 1 is 1.13 bits per heavy atom. The van der Waals surface area contributed by atoms with E-state index < -0.39 is 17.5 Å². The number of hydrogen-bond donors (Lipinski definition) is 4. The van der Waals surface area contributed by atoms with Crippen molar-refractivity contribution in [1.29, 1.82) is 0 Å². The highest BCUT2D eigenvalue weighted by Crippen LogP contribution is 2.45. The highest BCUT2D eigenvalue weighted by molar-refractivity contribution is 5.61. The van der Waals surface area contributed by atoms with Crippen LogP contribution in [0, 0.1) is 20.8 Å². The van der Waals surface area contributed by atoms with E-state index in [2.05, 4.69) is 31.0 Å². The highest BCUT2D eigenvalue weighted by atomic mass is 19.3. The molecular weight excluding hydrogens is 504 g/mol. The van der Waals surface area contributed by atoms with E-state index in [1.165, 1.54) is 4.68 Å². The lowest BCUT2D eigenvalue weighted by atomic mass is 9.77. The number of aromatic nitrogens is 6. The number of aromatic hydroxyl groups is 1. The number of benzene rings is 2. The van der Waals surface area contributed by atoms with Gasteiger partial charge in [0, 0.05) is 18.5 Å². The van der Waals surface area contributed by atoms with Gasteiger partial charge in [-0.25, -0.2) is 13.5 Å². The van der Waals surface area contributed by atoms with Crippen LogP contribution in [0.3, 0.4) is 0 Å². The van der Waals surface area contributed by atoms with E-state index in [4.69, 9.17) is 0 Å². The van der Waals surface area contributed by atoms with Crippen molar-refractivity contribution >= 4 is 5.69 Å². The van der Waals surface area contributed by atoms with Gasteiger partial charge in [0.2, 0.25) is 0 Å². The van der Waals surface area contributed by atoms with E-state index in [-0.39, 0.29) is 28.8 Å². The van der Waals surface area contributed by atoms with Crippen LogP contribution in [0.25, 0.3) is 5.69 Å². The molecule has 1 saturated carbocycles. The summed E-state index contributed by atoms with van der Waals surface area (Å²) in [7, 11) is 0. The molecule has 39 heavy (non-hydrogen) atoms. The first kappa shape index (κ1) is 26.6. The van der Waals surface area contributed by atoms with Gasteiger partial charge in [0.05, 0.1) is 16.9 Å². The molecule has 1 fully saturated rings. The maximum atomic E-state index is 15.1. The molecule has 3 unspecified atom stereocenters. The minimum absolute atomic E-state index is 0.000543. The third kappa shape index (κ3) is 5.17. The summed E-state index contributed by atoms with van der Waals surface area (Å²) >= 11 is 0. The first-order valence-electron chi connectivity index (χ1n) is 13.1. The topological polar surface area (TPSA) is 125 Å². The van der Waals surface area contributed by atoms with Crippen LogP contribution < -0.4 is 10.9 Å². The zero-order chi connectivity index (χ0) is 27.9. The van der Waals surface area contributed by atoms with Gasteiger partial charge in [-0.3, -0.25) is 9.89 Å². The number of alkyl halides is 2. The van der Waals surface area contributed by atoms with E-state index in [0.717, 1.165) is 37.3 Å². The molecule has 0 aliphatic heterocycles. The second-order valence-corrected chi connectivity index (χ2v) is 10.7. The van der Waals surface area contributed by atoms with Gasteiger partial charge in [0.1, 0.15) is 11.8 Å². The molecule has 3 atom stereocenters. The maximum Gasteiger partial charge on any atom is 0.276 e. The Hall–Kier alpha value is -4.02. The second kappa shape index (κ2) is 10.3. The molecule has 1 aliphatic carbocycles. The monoisotopic (exact) mass is 537 g/mol. The standard InChI is InChI=1S/C28H33F2N7O2/c1-15-11-12-20(13-16(15)2)37-27(39)23(17(3)34-37)25(28(4,29)30)31-22-10-6-9-21(24(22)38)18-7-5-8-19(14-18)26-32-35-36-33-26/h6,9-13,18-19,25,31,34,38H,5,7-8,14H2,1-4H3,(H,32,33,35,36). The van der Waals surface area contributed by atoms with Crippen LogP contribution in [0.15, 0.2) is 41.2 Å². The summed E-state index contributed by atoms with van der Waals surface area (Å²) in [6.45, 7) is 6.27. The predicted octanol–water partition coefficient (Wildman–Crippen LogP) is 5.56. The lowest BCUT2D eigenvalue weighted by Gasteiger charge is -2.30. The van der Waals surface area contributed by atoms with E-state index in [9.17, 15) is 9.90 Å². The Morgan fingerprint density at radius 3 is 2.59 bits per heavy atom. The van der Waals surface area contributed by atoms with Crippen molar-refractivity contribution in [2.24, 2.45) is 0 Å². The summed E-state index contributed by atoms with van der Waals surface area (Å²) in [5, 5.41) is 31.4. The molecule has 5 rings (SSSR count). The number of halogens is 2. The first-order chi connectivity index (χ1) is 18.5. The average molecular weight is 538 g/mol. The molecule has 4 aromatic rings. The highest BCUT2D eigenvalue weighted by Gasteiger charge is 2.40. The molecule has 4 N–H and O–H groups in total. The molecule has 2 heterocycles. The minimum atomic E-state index is -3.32. The van der Waals surface area contributed by atoms with Crippen molar-refractivity contribution in [3.8, 4) is 11.4 Å². The normalized spacial score (nSPS) is 18.7. The number of phenols is 1.